The Balaban J connectivity index is 2.76. The second-order valence-electron chi connectivity index (χ2n) is 4.70. The van der Waals surface area contributed by atoms with Crippen LogP contribution in [0.1, 0.15) is 27.7 Å². The van der Waals surface area contributed by atoms with Crippen LogP contribution in [0.3, 0.4) is 0 Å². The van der Waals surface area contributed by atoms with Crippen molar-refractivity contribution in [1.29, 1.82) is 0 Å². The Labute approximate surface area is 68.3 Å². The van der Waals surface area contributed by atoms with Crippen LogP contribution in [-0.2, 0) is 0 Å². The standard InChI is InChI=1S/C8H18N2O/c1-7(2)5-9-6-8(3,4)10(7)11/h9-10H,5-6H2,1-4H3. The molecule has 0 spiro atoms. The average molecular weight is 158 g/mol. The molecule has 2 N–H and O–H groups in total. The molecule has 0 aromatic rings. The SMILES string of the molecule is CC1(C)CNCC(C)(C)[NH+]1[O-]. The molecule has 1 aliphatic heterocycles. The van der Waals surface area contributed by atoms with Crippen LogP contribution >= 0.6 is 0 Å². The van der Waals surface area contributed by atoms with Crippen LogP contribution in [0.2, 0.25) is 0 Å². The van der Waals surface area contributed by atoms with Gasteiger partial charge in [-0.05, 0) is 27.7 Å². The van der Waals surface area contributed by atoms with E-state index in [4.69, 9.17) is 0 Å². The zero-order chi connectivity index (χ0) is 8.70. The molecule has 11 heavy (non-hydrogen) atoms. The summed E-state index contributed by atoms with van der Waals surface area (Å²) in [5, 5.41) is 15.4. The van der Waals surface area contributed by atoms with Gasteiger partial charge in [0.2, 0.25) is 0 Å². The molecule has 0 saturated carbocycles. The van der Waals surface area contributed by atoms with Crippen LogP contribution in [0, 0.1) is 5.21 Å². The predicted octanol–water partition coefficient (Wildman–Crippen LogP) is -0.470. The van der Waals surface area contributed by atoms with Crippen LogP contribution in [0.5, 0.6) is 0 Å². The summed E-state index contributed by atoms with van der Waals surface area (Å²) in [4.78, 5) is 0. The Morgan fingerprint density at radius 1 is 1.09 bits per heavy atom. The molecule has 1 saturated heterocycles. The summed E-state index contributed by atoms with van der Waals surface area (Å²) in [7, 11) is 0. The topological polar surface area (TPSA) is 39.5 Å². The van der Waals surface area contributed by atoms with Gasteiger partial charge < -0.3 is 15.6 Å². The van der Waals surface area contributed by atoms with Gasteiger partial charge in [0.05, 0.1) is 13.1 Å². The van der Waals surface area contributed by atoms with Gasteiger partial charge in [0.15, 0.2) is 0 Å². The van der Waals surface area contributed by atoms with E-state index in [1.807, 2.05) is 27.7 Å². The van der Waals surface area contributed by atoms with Crippen molar-refractivity contribution < 1.29 is 5.06 Å². The van der Waals surface area contributed by atoms with Gasteiger partial charge in [-0.1, -0.05) is 0 Å². The van der Waals surface area contributed by atoms with Crippen molar-refractivity contribution in [3.63, 3.8) is 0 Å². The van der Waals surface area contributed by atoms with Crippen LogP contribution < -0.4 is 10.4 Å². The molecule has 0 atom stereocenters. The number of hydrogen-bond acceptors (Lipinski definition) is 2. The quantitative estimate of drug-likeness (QED) is 0.468. The minimum Gasteiger partial charge on any atom is -0.633 e. The smallest absolute Gasteiger partial charge is 0.105 e. The summed E-state index contributed by atoms with van der Waals surface area (Å²) in [6.45, 7) is 9.64. The Kier molecular flexibility index (Phi) is 1.99. The molecule has 0 bridgehead atoms. The van der Waals surface area contributed by atoms with Gasteiger partial charge in [0, 0.05) is 0 Å². The molecule has 0 unspecified atom stereocenters. The molecular weight excluding hydrogens is 140 g/mol. The van der Waals surface area contributed by atoms with E-state index in [-0.39, 0.29) is 11.1 Å². The first-order chi connectivity index (χ1) is 4.86. The maximum atomic E-state index is 11.7. The summed E-state index contributed by atoms with van der Waals surface area (Å²) >= 11 is 0. The Morgan fingerprint density at radius 3 is 1.73 bits per heavy atom. The van der Waals surface area contributed by atoms with Crippen molar-refractivity contribution in [2.45, 2.75) is 38.8 Å². The fraction of sp³-hybridized carbons (Fsp3) is 1.00. The van der Waals surface area contributed by atoms with Gasteiger partial charge in [-0.25, -0.2) is 0 Å². The van der Waals surface area contributed by atoms with Gasteiger partial charge in [-0.2, -0.15) is 0 Å². The monoisotopic (exact) mass is 158 g/mol. The fourth-order valence-corrected chi connectivity index (χ4v) is 1.76. The molecule has 3 heteroatoms. The third kappa shape index (κ3) is 1.55. The summed E-state index contributed by atoms with van der Waals surface area (Å²) in [5.41, 5.74) is -0.358. The minimum absolute atomic E-state index is 0.179. The average Bonchev–Trinajstić information content (AvgIpc) is 1.82. The predicted molar refractivity (Wildman–Crippen MR) is 45.4 cm³/mol. The maximum absolute atomic E-state index is 11.7. The van der Waals surface area contributed by atoms with E-state index >= 15 is 0 Å². The molecule has 0 amide bonds. The Morgan fingerprint density at radius 2 is 1.45 bits per heavy atom. The third-order valence-electron chi connectivity index (χ3n) is 2.36. The molecule has 0 aromatic carbocycles. The first kappa shape index (κ1) is 8.97. The molecule has 66 valence electrons. The molecule has 1 rings (SSSR count). The zero-order valence-electron chi connectivity index (χ0n) is 7.82. The lowest BCUT2D eigenvalue weighted by atomic mass is 9.92. The second kappa shape index (κ2) is 2.44. The molecule has 3 nitrogen and oxygen atoms in total. The molecule has 0 aromatic heterocycles. The van der Waals surface area contributed by atoms with Crippen molar-refractivity contribution in [1.82, 2.24) is 5.32 Å². The fourth-order valence-electron chi connectivity index (χ4n) is 1.76. The summed E-state index contributed by atoms with van der Waals surface area (Å²) in [6.07, 6.45) is 0. The molecule has 1 heterocycles. The Bertz CT molecular complexity index is 138. The number of rotatable bonds is 0. The molecule has 0 radical (unpaired) electrons. The lowest BCUT2D eigenvalue weighted by molar-refractivity contribution is -0.951. The Hall–Kier alpha value is -0.120. The van der Waals surface area contributed by atoms with E-state index in [9.17, 15) is 5.21 Å². The van der Waals surface area contributed by atoms with Crippen molar-refractivity contribution in [2.24, 2.45) is 0 Å². The molecule has 1 aliphatic rings. The van der Waals surface area contributed by atoms with Gasteiger partial charge in [0.1, 0.15) is 11.1 Å². The summed E-state index contributed by atoms with van der Waals surface area (Å²) < 4.78 is 0. The first-order valence-corrected chi connectivity index (χ1v) is 4.12. The number of hydroxylamine groups is 2. The maximum Gasteiger partial charge on any atom is 0.105 e. The van der Waals surface area contributed by atoms with Crippen LogP contribution in [0.25, 0.3) is 0 Å². The van der Waals surface area contributed by atoms with E-state index in [2.05, 4.69) is 5.32 Å². The van der Waals surface area contributed by atoms with E-state index < -0.39 is 0 Å². The lowest BCUT2D eigenvalue weighted by Gasteiger charge is -2.52. The van der Waals surface area contributed by atoms with Crippen LogP contribution in [0.15, 0.2) is 0 Å². The van der Waals surface area contributed by atoms with Crippen molar-refractivity contribution >= 4 is 0 Å². The van der Waals surface area contributed by atoms with Crippen molar-refractivity contribution in [2.75, 3.05) is 13.1 Å². The third-order valence-corrected chi connectivity index (χ3v) is 2.36. The molecular formula is C8H18N2O. The van der Waals surface area contributed by atoms with Crippen molar-refractivity contribution in [3.05, 3.63) is 5.21 Å². The zero-order valence-corrected chi connectivity index (χ0v) is 7.82. The van der Waals surface area contributed by atoms with Gasteiger partial charge >= 0.3 is 0 Å². The highest BCUT2D eigenvalue weighted by Crippen LogP contribution is 2.06. The number of nitrogens with one attached hydrogen (secondary N) is 2. The molecule has 0 aliphatic carbocycles. The highest BCUT2D eigenvalue weighted by Gasteiger charge is 2.40. The highest BCUT2D eigenvalue weighted by atomic mass is 16.5. The van der Waals surface area contributed by atoms with E-state index in [0.717, 1.165) is 13.1 Å². The summed E-state index contributed by atoms with van der Waals surface area (Å²) in [6, 6.07) is 0. The van der Waals surface area contributed by atoms with E-state index in [0.29, 0.717) is 5.06 Å². The normalized spacial score (nSPS) is 30.3. The van der Waals surface area contributed by atoms with Crippen LogP contribution in [-0.4, -0.2) is 24.2 Å². The van der Waals surface area contributed by atoms with Crippen LogP contribution in [0.4, 0.5) is 0 Å². The second-order valence-corrected chi connectivity index (χ2v) is 4.70. The first-order valence-electron chi connectivity index (χ1n) is 4.12. The van der Waals surface area contributed by atoms with Gasteiger partial charge in [0.25, 0.3) is 0 Å². The van der Waals surface area contributed by atoms with Gasteiger partial charge in [-0.15, -0.1) is 0 Å². The minimum atomic E-state index is -0.179. The largest absolute Gasteiger partial charge is 0.633 e. The number of hydrogen-bond donors (Lipinski definition) is 2. The lowest BCUT2D eigenvalue weighted by Crippen LogP contribution is -3.25. The summed E-state index contributed by atoms with van der Waals surface area (Å²) in [5.74, 6) is 0. The highest BCUT2D eigenvalue weighted by molar-refractivity contribution is 4.84. The van der Waals surface area contributed by atoms with E-state index in [1.54, 1.807) is 0 Å². The van der Waals surface area contributed by atoms with Crippen molar-refractivity contribution in [3.8, 4) is 0 Å². The number of quaternary nitrogens is 1. The van der Waals surface area contributed by atoms with E-state index in [1.165, 1.54) is 0 Å². The number of piperazine rings is 1. The van der Waals surface area contributed by atoms with Gasteiger partial charge in [-0.3, -0.25) is 0 Å². The molecule has 1 fully saturated rings.